The molecule has 33 nitrogen and oxygen atoms in total. The number of anilines is 6. The maximum Gasteiger partial charge on any atom is 0.349 e. The summed E-state index contributed by atoms with van der Waals surface area (Å²) in [6.07, 6.45) is 8.09. The number of carboxylic acid groups (broad SMARTS) is 2. The number of hydrogen-bond acceptors (Lipinski definition) is 23. The van der Waals surface area contributed by atoms with E-state index in [4.69, 9.17) is 34.6 Å². The van der Waals surface area contributed by atoms with E-state index in [1.165, 1.54) is 0 Å². The molecule has 0 radical (unpaired) electrons. The molecule has 0 atom stereocenters. The lowest BCUT2D eigenvalue weighted by Gasteiger charge is -2.28. The van der Waals surface area contributed by atoms with E-state index in [0.717, 1.165) is 101 Å². The first-order valence-electron chi connectivity index (χ1n) is 35.7. The van der Waals surface area contributed by atoms with Gasteiger partial charge in [0.15, 0.2) is 45.0 Å². The molecular formula is C76H90N17O16P. The van der Waals surface area contributed by atoms with Crippen molar-refractivity contribution in [3.05, 3.63) is 185 Å². The number of aliphatic hydroxyl groups is 1. The topological polar surface area (TPSA) is 465 Å². The normalized spacial score (nSPS) is 12.1. The maximum atomic E-state index is 12.5. The summed E-state index contributed by atoms with van der Waals surface area (Å²) in [5, 5.41) is 29.8. The minimum atomic E-state index is -4.10. The molecule has 0 bridgehead atoms. The van der Waals surface area contributed by atoms with Crippen LogP contribution < -0.4 is 85.2 Å². The first kappa shape index (κ1) is 82.1. The van der Waals surface area contributed by atoms with Crippen molar-refractivity contribution in [2.75, 3.05) is 67.4 Å². The molecule has 5 aliphatic rings. The lowest BCUT2D eigenvalue weighted by atomic mass is 10.1. The van der Waals surface area contributed by atoms with Crippen molar-refractivity contribution in [1.82, 2.24) is 54.7 Å². The van der Waals surface area contributed by atoms with Crippen molar-refractivity contribution in [3.8, 4) is 17.3 Å². The summed E-state index contributed by atoms with van der Waals surface area (Å²) in [6.45, 7) is 28.9. The third-order valence-corrected chi connectivity index (χ3v) is 19.0. The van der Waals surface area contributed by atoms with Crippen LogP contribution in [0.25, 0.3) is 42.3 Å². The Balaban J connectivity index is 0.000000169. The zero-order valence-corrected chi connectivity index (χ0v) is 63.3. The molecule has 0 unspecified atom stereocenters. The number of aromatic amines is 4. The van der Waals surface area contributed by atoms with Crippen LogP contribution in [0, 0.1) is 41.5 Å². The van der Waals surface area contributed by atoms with Crippen LogP contribution in [0.15, 0.2) is 106 Å². The number of methoxy groups -OCH3 is 1. The van der Waals surface area contributed by atoms with E-state index in [-0.39, 0.29) is 100 Å². The number of rotatable bonds is 28. The molecule has 580 valence electrons. The summed E-state index contributed by atoms with van der Waals surface area (Å²) in [5.41, 5.74) is 10.6. The molecule has 110 heavy (non-hydrogen) atoms. The van der Waals surface area contributed by atoms with Crippen LogP contribution in [0.1, 0.15) is 117 Å². The van der Waals surface area contributed by atoms with Gasteiger partial charge in [0.05, 0.1) is 70.8 Å². The van der Waals surface area contributed by atoms with Crippen LogP contribution in [-0.2, 0) is 30.2 Å². The van der Waals surface area contributed by atoms with Crippen LogP contribution in [0.2, 0.25) is 0 Å². The van der Waals surface area contributed by atoms with Gasteiger partial charge < -0.3 is 74.1 Å². The lowest BCUT2D eigenvalue weighted by Crippen LogP contribution is -2.45. The van der Waals surface area contributed by atoms with Crippen molar-refractivity contribution in [2.24, 2.45) is 15.0 Å². The van der Waals surface area contributed by atoms with Crippen molar-refractivity contribution in [2.45, 2.75) is 132 Å². The number of allylic oxidation sites excluding steroid dienone is 1. The Morgan fingerprint density at radius 3 is 1.58 bits per heavy atom. The molecular weight excluding hydrogens is 1440 g/mol. The average Bonchev–Trinajstić information content (AvgIpc) is 0.776. The molecule has 0 spiro atoms. The van der Waals surface area contributed by atoms with E-state index in [0.29, 0.717) is 103 Å². The van der Waals surface area contributed by atoms with Crippen molar-refractivity contribution >= 4 is 108 Å². The Hall–Kier alpha value is -11.9. The van der Waals surface area contributed by atoms with Gasteiger partial charge in [0.25, 0.3) is 22.2 Å². The number of benzene rings is 4. The highest BCUT2D eigenvalue weighted by atomic mass is 31.2. The molecule has 0 fully saturated rings. The van der Waals surface area contributed by atoms with Crippen LogP contribution in [0.3, 0.4) is 0 Å². The molecule has 0 saturated carbocycles. The molecule has 0 aliphatic carbocycles. The molecule has 34 heteroatoms. The minimum Gasteiger partial charge on any atom is -0.513 e. The Labute approximate surface area is 629 Å². The third-order valence-electron chi connectivity index (χ3n) is 18.1. The first-order valence-corrected chi connectivity index (χ1v) is 37.5. The summed E-state index contributed by atoms with van der Waals surface area (Å²) in [7, 11) is -2.50. The monoisotopic (exact) mass is 1530 g/mol. The Morgan fingerprint density at radius 2 is 1.03 bits per heavy atom. The van der Waals surface area contributed by atoms with E-state index in [2.05, 4.69) is 91.5 Å². The summed E-state index contributed by atoms with van der Waals surface area (Å²) < 4.78 is 23.8. The molecule has 4 aromatic carbocycles. The molecule has 5 aliphatic heterocycles. The quantitative estimate of drug-likeness (QED) is 0.0120. The Kier molecular flexibility index (Phi) is 27.5. The summed E-state index contributed by atoms with van der Waals surface area (Å²) >= 11 is 0. The largest absolute Gasteiger partial charge is 0.513 e. The van der Waals surface area contributed by atoms with E-state index >= 15 is 0 Å². The van der Waals surface area contributed by atoms with Gasteiger partial charge in [-0.25, -0.2) is 39.7 Å². The maximum absolute atomic E-state index is 12.5. The first-order chi connectivity index (χ1) is 52.3. The van der Waals surface area contributed by atoms with Crippen molar-refractivity contribution < 1.29 is 53.5 Å². The van der Waals surface area contributed by atoms with Gasteiger partial charge >= 0.3 is 25.2 Å². The molecule has 3 aromatic heterocycles. The predicted octanol–water partition coefficient (Wildman–Crippen LogP) is 5.82. The molecule has 0 saturated heterocycles. The van der Waals surface area contributed by atoms with Crippen molar-refractivity contribution in [1.29, 1.82) is 0 Å². The molecule has 1 amide bonds. The zero-order valence-electron chi connectivity index (χ0n) is 62.4. The van der Waals surface area contributed by atoms with Crippen LogP contribution in [0.4, 0.5) is 51.6 Å². The van der Waals surface area contributed by atoms with Crippen LogP contribution in [-0.4, -0.2) is 145 Å². The molecule has 10 N–H and O–H groups in total. The summed E-state index contributed by atoms with van der Waals surface area (Å²) in [5.74, 6) is 0.432. The summed E-state index contributed by atoms with van der Waals surface area (Å²) in [6, 6.07) is 17.3. The second-order valence-electron chi connectivity index (χ2n) is 26.7. The fraction of sp³-hybridized carbons (Fsp3) is 0.368. The van der Waals surface area contributed by atoms with Crippen LogP contribution >= 0.6 is 7.60 Å². The minimum absolute atomic E-state index is 0.0779. The van der Waals surface area contributed by atoms with Gasteiger partial charge in [0.1, 0.15) is 28.7 Å². The Morgan fingerprint density at radius 1 is 0.527 bits per heavy atom. The number of fused-ring (bicyclic) bond motifs is 8. The fourth-order valence-corrected chi connectivity index (χ4v) is 12.9. The highest BCUT2D eigenvalue weighted by Gasteiger charge is 2.29. The number of aliphatic carboxylic acids is 2. The fourth-order valence-electron chi connectivity index (χ4n) is 12.3. The van der Waals surface area contributed by atoms with E-state index in [1.807, 2.05) is 111 Å². The van der Waals surface area contributed by atoms with Gasteiger partial charge in [-0.15, -0.1) is 0 Å². The number of carbonyl (C=O) groups excluding carboxylic acids is 1. The summed E-state index contributed by atoms with van der Waals surface area (Å²) in [4.78, 5) is 163. The highest BCUT2D eigenvalue weighted by molar-refractivity contribution is 7.51. The zero-order chi connectivity index (χ0) is 79.8. The number of nitrogens with zero attached hydrogens (tertiary/aromatic N) is 12. The molecule has 7 aromatic rings. The number of aliphatic hydroxyl groups excluding tert-OH is 1. The molecule has 12 rings (SSSR count). The average molecular weight is 1530 g/mol. The predicted molar refractivity (Wildman–Crippen MR) is 417 cm³/mol. The standard InChI is InChI=1S/C20H24N4O4.C19H22N4O4.C19H22N4O3.C18H22N5O5P/c1-12-10-14-15(11-16(12)28-3)24(9-7-5-4-6-8-13(2)25)18-17(21-14)19(26)23-20(27)22-18;1-11-9-14-15(10-12(11)2)23(6-8-27-7-4-5-16(24)25)18-17(22-14)19(26)21-13(3)20-18;1-12-8-9-14-15(11-12)23(10-6-4-3-5-7-16(24)25)18-17(22-14)19(26)21-13(2)20-18;1-10-7-13-14(8-11(10)2)23(9-15(24)19-5-4-6-29(26,27)28)17-16(22-13)18(25)21-12(3)20-17/h10-11,25H,2,4-9H2,1,3H3,(H,23,26,27);9-10H,3-8H2,1-2H3,(H,21,26)(H,24,25);8-9,11H,2-7,10H2,1H3,(H,21,26)(H,24,25);7-8H,3-6,9H2,1-2H3,(H,19,24)(H,21,25)(H2,26,27,28). The number of amides is 1. The van der Waals surface area contributed by atoms with E-state index < -0.39 is 36.3 Å². The number of aryl methyl sites for hydroxylation is 7. The smallest absolute Gasteiger partial charge is 0.349 e. The van der Waals surface area contributed by atoms with Gasteiger partial charge in [-0.2, -0.15) is 4.98 Å². The van der Waals surface area contributed by atoms with Gasteiger partial charge in [-0.3, -0.25) is 43.1 Å². The SMILES string of the molecule is C=C(O)CCCCCCn1c2nc(=O)[nH]c(=O)c-2nc2cc(C)c(OC)cc21.C=c1nc2c(c(=O)[nH]1)=Nc1cc(C)c(C)cc1N2CC(=O)NCCCP(=O)(O)O.C=c1nc2c(c(=O)[nH]1)=Nc1cc(C)c(C)cc1N2CCOCCCC(=O)O.C=c1nc2c(c(=O)[nH]1)=Nc1ccc(C)cc1N2CCCCCCC(=O)O. The number of ether oxygens (including phenoxy) is 2. The second kappa shape index (κ2) is 36.8. The number of hydrogen-bond donors (Lipinski definition) is 10. The second-order valence-corrected chi connectivity index (χ2v) is 28.5. The third kappa shape index (κ3) is 21.3. The van der Waals surface area contributed by atoms with Gasteiger partial charge in [0.2, 0.25) is 5.91 Å². The number of aromatic nitrogens is 10. The number of nitrogens with one attached hydrogen (secondary N) is 5. The van der Waals surface area contributed by atoms with Gasteiger partial charge in [-0.1, -0.05) is 58.1 Å². The number of carboxylic acids is 2. The van der Waals surface area contributed by atoms with Gasteiger partial charge in [-0.05, 0) is 156 Å². The number of H-pyrrole nitrogens is 4. The van der Waals surface area contributed by atoms with E-state index in [9.17, 15) is 42.9 Å². The lowest BCUT2D eigenvalue weighted by molar-refractivity contribution is -0.138. The van der Waals surface area contributed by atoms with E-state index in [1.54, 1.807) is 12.0 Å². The van der Waals surface area contributed by atoms with Crippen LogP contribution in [0.5, 0.6) is 5.75 Å². The number of carbonyl (C=O) groups is 3. The number of unbranched alkanes of at least 4 members (excludes halogenated alkanes) is 6. The van der Waals surface area contributed by atoms with Gasteiger partial charge in [0, 0.05) is 58.1 Å². The highest BCUT2D eigenvalue weighted by Crippen LogP contribution is 2.40. The Bertz CT molecular complexity index is 5720. The molecule has 8 heterocycles. The van der Waals surface area contributed by atoms with Crippen molar-refractivity contribution in [3.63, 3.8) is 0 Å².